The monoisotopic (exact) mass is 264 g/mol. The number of anilines is 1. The Morgan fingerprint density at radius 2 is 2.16 bits per heavy atom. The van der Waals surface area contributed by atoms with Crippen molar-refractivity contribution in [1.82, 2.24) is 9.97 Å². The van der Waals surface area contributed by atoms with Crippen LogP contribution in [0.25, 0.3) is 0 Å². The average molecular weight is 264 g/mol. The van der Waals surface area contributed by atoms with Crippen molar-refractivity contribution in [2.45, 2.75) is 33.2 Å². The third kappa shape index (κ3) is 3.88. The number of aromatic nitrogens is 2. The summed E-state index contributed by atoms with van der Waals surface area (Å²) in [4.78, 5) is 8.47. The molecule has 0 amide bonds. The first-order valence-electron chi connectivity index (χ1n) is 6.95. The Morgan fingerprint density at radius 3 is 2.84 bits per heavy atom. The van der Waals surface area contributed by atoms with Gasteiger partial charge >= 0.3 is 0 Å². The molecule has 19 heavy (non-hydrogen) atoms. The third-order valence-corrected chi connectivity index (χ3v) is 3.94. The number of ether oxygens (including phenoxy) is 1. The fourth-order valence-electron chi connectivity index (χ4n) is 2.54. The standard InChI is InChI=1S/C14H24N4O/c1-14(2,11-4-7-19-8-5-11)10-17-12-3-6-16-13(9-15)18-12/h3,6,11H,4-5,7-10,15H2,1-2H3,(H,16,17,18). The minimum absolute atomic E-state index is 0.234. The number of nitrogens with two attached hydrogens (primary N) is 1. The molecule has 1 aliphatic heterocycles. The van der Waals surface area contributed by atoms with Crippen LogP contribution in [-0.2, 0) is 11.3 Å². The lowest BCUT2D eigenvalue weighted by Crippen LogP contribution is -2.35. The van der Waals surface area contributed by atoms with E-state index in [1.54, 1.807) is 6.20 Å². The van der Waals surface area contributed by atoms with Crippen LogP contribution in [0.2, 0.25) is 0 Å². The molecule has 1 aliphatic rings. The summed E-state index contributed by atoms with van der Waals surface area (Å²) in [7, 11) is 0. The molecule has 3 N–H and O–H groups in total. The highest BCUT2D eigenvalue weighted by molar-refractivity contribution is 5.33. The maximum absolute atomic E-state index is 5.55. The molecule has 1 aromatic rings. The third-order valence-electron chi connectivity index (χ3n) is 3.94. The highest BCUT2D eigenvalue weighted by atomic mass is 16.5. The van der Waals surface area contributed by atoms with Gasteiger partial charge < -0.3 is 15.8 Å². The van der Waals surface area contributed by atoms with Gasteiger partial charge in [-0.25, -0.2) is 9.97 Å². The van der Waals surface area contributed by atoms with E-state index in [9.17, 15) is 0 Å². The summed E-state index contributed by atoms with van der Waals surface area (Å²) < 4.78 is 5.43. The van der Waals surface area contributed by atoms with Gasteiger partial charge in [-0.1, -0.05) is 13.8 Å². The highest BCUT2D eigenvalue weighted by Crippen LogP contribution is 2.34. The van der Waals surface area contributed by atoms with Gasteiger partial charge in [-0.15, -0.1) is 0 Å². The van der Waals surface area contributed by atoms with Gasteiger partial charge in [-0.3, -0.25) is 0 Å². The van der Waals surface area contributed by atoms with Crippen LogP contribution in [0, 0.1) is 11.3 Å². The number of hydrogen-bond donors (Lipinski definition) is 2. The van der Waals surface area contributed by atoms with Crippen molar-refractivity contribution in [2.24, 2.45) is 17.1 Å². The van der Waals surface area contributed by atoms with Crippen molar-refractivity contribution in [3.63, 3.8) is 0 Å². The molecule has 1 aromatic heterocycles. The van der Waals surface area contributed by atoms with E-state index in [0.29, 0.717) is 18.3 Å². The molecule has 0 spiro atoms. The Morgan fingerprint density at radius 1 is 1.42 bits per heavy atom. The quantitative estimate of drug-likeness (QED) is 0.848. The summed E-state index contributed by atoms with van der Waals surface area (Å²) in [6.07, 6.45) is 4.04. The fraction of sp³-hybridized carbons (Fsp3) is 0.714. The van der Waals surface area contributed by atoms with Crippen LogP contribution in [0.15, 0.2) is 12.3 Å². The topological polar surface area (TPSA) is 73.1 Å². The summed E-state index contributed by atoms with van der Waals surface area (Å²) in [5, 5.41) is 3.41. The van der Waals surface area contributed by atoms with Gasteiger partial charge in [-0.2, -0.15) is 0 Å². The maximum atomic E-state index is 5.55. The number of rotatable bonds is 5. The molecule has 5 nitrogen and oxygen atoms in total. The molecule has 0 atom stereocenters. The van der Waals surface area contributed by atoms with Crippen LogP contribution < -0.4 is 11.1 Å². The second kappa shape index (κ2) is 6.30. The SMILES string of the molecule is CC(C)(CNc1ccnc(CN)n1)C1CCOCC1. The van der Waals surface area contributed by atoms with Crippen molar-refractivity contribution in [1.29, 1.82) is 0 Å². The van der Waals surface area contributed by atoms with Crippen molar-refractivity contribution in [3.05, 3.63) is 18.1 Å². The second-order valence-corrected chi connectivity index (χ2v) is 5.79. The van der Waals surface area contributed by atoms with Gasteiger partial charge in [0.05, 0.1) is 6.54 Å². The van der Waals surface area contributed by atoms with Crippen molar-refractivity contribution >= 4 is 5.82 Å². The summed E-state index contributed by atoms with van der Waals surface area (Å²) in [6, 6.07) is 1.89. The van der Waals surface area contributed by atoms with Crippen LogP contribution in [0.1, 0.15) is 32.5 Å². The van der Waals surface area contributed by atoms with E-state index < -0.39 is 0 Å². The lowest BCUT2D eigenvalue weighted by molar-refractivity contribution is 0.0268. The molecule has 0 unspecified atom stereocenters. The van der Waals surface area contributed by atoms with E-state index in [2.05, 4.69) is 29.1 Å². The van der Waals surface area contributed by atoms with Crippen LogP contribution in [-0.4, -0.2) is 29.7 Å². The molecule has 0 saturated carbocycles. The zero-order valence-corrected chi connectivity index (χ0v) is 11.9. The Labute approximate surface area is 115 Å². The zero-order valence-electron chi connectivity index (χ0n) is 11.9. The highest BCUT2D eigenvalue weighted by Gasteiger charge is 2.30. The minimum Gasteiger partial charge on any atom is -0.381 e. The Balaban J connectivity index is 1.92. The Bertz CT molecular complexity index is 402. The molecule has 2 heterocycles. The Hall–Kier alpha value is -1.20. The normalized spacial score (nSPS) is 17.4. The lowest BCUT2D eigenvalue weighted by atomic mass is 9.74. The van der Waals surface area contributed by atoms with Crippen LogP contribution in [0.4, 0.5) is 5.82 Å². The first kappa shape index (κ1) is 14.2. The number of hydrogen-bond acceptors (Lipinski definition) is 5. The van der Waals surface area contributed by atoms with Gasteiger partial charge in [0.1, 0.15) is 11.6 Å². The van der Waals surface area contributed by atoms with Gasteiger partial charge in [0, 0.05) is 26.0 Å². The first-order valence-corrected chi connectivity index (χ1v) is 6.95. The maximum Gasteiger partial charge on any atom is 0.144 e. The first-order chi connectivity index (χ1) is 9.12. The van der Waals surface area contributed by atoms with E-state index in [0.717, 1.165) is 38.4 Å². The molecule has 2 rings (SSSR count). The molecule has 0 aromatic carbocycles. The predicted molar refractivity (Wildman–Crippen MR) is 75.7 cm³/mol. The van der Waals surface area contributed by atoms with Gasteiger partial charge in [0.2, 0.25) is 0 Å². The summed E-state index contributed by atoms with van der Waals surface area (Å²) >= 11 is 0. The van der Waals surface area contributed by atoms with E-state index in [1.165, 1.54) is 0 Å². The summed E-state index contributed by atoms with van der Waals surface area (Å²) in [6.45, 7) is 7.66. The van der Waals surface area contributed by atoms with Gasteiger partial charge in [0.15, 0.2) is 0 Å². The summed E-state index contributed by atoms with van der Waals surface area (Å²) in [5.74, 6) is 2.23. The van der Waals surface area contributed by atoms with Crippen molar-refractivity contribution in [2.75, 3.05) is 25.1 Å². The van der Waals surface area contributed by atoms with Crippen molar-refractivity contribution in [3.8, 4) is 0 Å². The van der Waals surface area contributed by atoms with E-state index in [-0.39, 0.29) is 5.41 Å². The largest absolute Gasteiger partial charge is 0.381 e. The molecule has 106 valence electrons. The number of nitrogens with zero attached hydrogens (tertiary/aromatic N) is 2. The lowest BCUT2D eigenvalue weighted by Gasteiger charge is -2.37. The number of nitrogens with one attached hydrogen (secondary N) is 1. The minimum atomic E-state index is 0.234. The Kier molecular flexibility index (Phi) is 4.71. The van der Waals surface area contributed by atoms with E-state index in [1.807, 2.05) is 6.07 Å². The molecule has 1 saturated heterocycles. The molecule has 0 bridgehead atoms. The van der Waals surface area contributed by atoms with Crippen molar-refractivity contribution < 1.29 is 4.74 Å². The smallest absolute Gasteiger partial charge is 0.144 e. The van der Waals surface area contributed by atoms with Gasteiger partial charge in [-0.05, 0) is 30.2 Å². The molecular weight excluding hydrogens is 240 g/mol. The van der Waals surface area contributed by atoms with E-state index in [4.69, 9.17) is 10.5 Å². The predicted octanol–water partition coefficient (Wildman–Crippen LogP) is 1.80. The molecular formula is C14H24N4O. The molecule has 5 heteroatoms. The van der Waals surface area contributed by atoms with Crippen LogP contribution in [0.5, 0.6) is 0 Å². The van der Waals surface area contributed by atoms with Crippen LogP contribution in [0.3, 0.4) is 0 Å². The second-order valence-electron chi connectivity index (χ2n) is 5.79. The average Bonchev–Trinajstić information content (AvgIpc) is 2.46. The van der Waals surface area contributed by atoms with Gasteiger partial charge in [0.25, 0.3) is 0 Å². The molecule has 1 fully saturated rings. The summed E-state index contributed by atoms with van der Waals surface area (Å²) in [5.41, 5.74) is 5.78. The van der Waals surface area contributed by atoms with Crippen LogP contribution >= 0.6 is 0 Å². The fourth-order valence-corrected chi connectivity index (χ4v) is 2.54. The zero-order chi connectivity index (χ0) is 13.7. The molecule has 0 radical (unpaired) electrons. The molecule has 0 aliphatic carbocycles. The van der Waals surface area contributed by atoms with E-state index >= 15 is 0 Å².